The molecule has 0 aliphatic rings. The first-order valence-corrected chi connectivity index (χ1v) is 7.64. The SMILES string of the molecule is COCCOc1cc(S(=O)(=O)Cl)c(C(=O)O)cc1OC. The van der Waals surface area contributed by atoms with Crippen LogP contribution in [-0.2, 0) is 13.8 Å². The van der Waals surface area contributed by atoms with Crippen molar-refractivity contribution in [3.63, 3.8) is 0 Å². The second-order valence-corrected chi connectivity index (χ2v) is 6.12. The number of carboxylic acids is 1. The van der Waals surface area contributed by atoms with E-state index in [9.17, 15) is 13.2 Å². The van der Waals surface area contributed by atoms with E-state index in [4.69, 9.17) is 30.0 Å². The molecular weight excluding hydrogens is 312 g/mol. The highest BCUT2D eigenvalue weighted by Gasteiger charge is 2.24. The number of ether oxygens (including phenoxy) is 3. The Balaban J connectivity index is 3.35. The number of carbonyl (C=O) groups is 1. The fourth-order valence-corrected chi connectivity index (χ4v) is 2.46. The van der Waals surface area contributed by atoms with Gasteiger partial charge in [-0.3, -0.25) is 0 Å². The summed E-state index contributed by atoms with van der Waals surface area (Å²) in [6, 6.07) is 2.06. The molecule has 112 valence electrons. The highest BCUT2D eigenvalue weighted by molar-refractivity contribution is 8.13. The molecule has 1 rings (SSSR count). The first kappa shape index (κ1) is 16.5. The highest BCUT2D eigenvalue weighted by Crippen LogP contribution is 2.34. The van der Waals surface area contributed by atoms with E-state index in [0.717, 1.165) is 12.1 Å². The van der Waals surface area contributed by atoms with Crippen molar-refractivity contribution < 1.29 is 32.5 Å². The summed E-state index contributed by atoms with van der Waals surface area (Å²) in [6.07, 6.45) is 0. The molecule has 1 N–H and O–H groups in total. The Labute approximate surface area is 120 Å². The molecule has 0 aromatic heterocycles. The van der Waals surface area contributed by atoms with Gasteiger partial charge in [0, 0.05) is 23.9 Å². The van der Waals surface area contributed by atoms with E-state index in [1.807, 2.05) is 0 Å². The maximum atomic E-state index is 11.4. The zero-order valence-electron chi connectivity index (χ0n) is 10.8. The summed E-state index contributed by atoms with van der Waals surface area (Å²) in [7, 11) is 3.77. The van der Waals surface area contributed by atoms with Crippen molar-refractivity contribution in [2.24, 2.45) is 0 Å². The lowest BCUT2D eigenvalue weighted by molar-refractivity contribution is 0.0692. The monoisotopic (exact) mass is 324 g/mol. The van der Waals surface area contributed by atoms with Crippen molar-refractivity contribution in [1.82, 2.24) is 0 Å². The van der Waals surface area contributed by atoms with Crippen molar-refractivity contribution in [3.8, 4) is 11.5 Å². The highest BCUT2D eigenvalue weighted by atomic mass is 35.7. The van der Waals surface area contributed by atoms with Crippen LogP contribution in [0.15, 0.2) is 17.0 Å². The molecular formula is C11H13ClO7S. The van der Waals surface area contributed by atoms with Crippen molar-refractivity contribution in [2.45, 2.75) is 4.90 Å². The molecule has 20 heavy (non-hydrogen) atoms. The van der Waals surface area contributed by atoms with E-state index in [0.29, 0.717) is 0 Å². The van der Waals surface area contributed by atoms with Gasteiger partial charge in [-0.2, -0.15) is 0 Å². The molecule has 0 amide bonds. The normalized spacial score (nSPS) is 11.2. The number of aromatic carboxylic acids is 1. The van der Waals surface area contributed by atoms with Crippen molar-refractivity contribution in [2.75, 3.05) is 27.4 Å². The summed E-state index contributed by atoms with van der Waals surface area (Å²) < 4.78 is 37.9. The van der Waals surface area contributed by atoms with Gasteiger partial charge in [-0.1, -0.05) is 0 Å². The standard InChI is InChI=1S/C11H13ClO7S/c1-17-3-4-19-9-6-10(20(12,15)16)7(11(13)14)5-8(9)18-2/h5-6H,3-4H2,1-2H3,(H,13,14). The minimum absolute atomic E-state index is 0.0637. The minimum Gasteiger partial charge on any atom is -0.493 e. The van der Waals surface area contributed by atoms with Crippen LogP contribution in [0.2, 0.25) is 0 Å². The van der Waals surface area contributed by atoms with Gasteiger partial charge in [-0.05, 0) is 6.07 Å². The zero-order chi connectivity index (χ0) is 15.3. The molecule has 0 saturated heterocycles. The molecule has 0 aliphatic carbocycles. The average molecular weight is 325 g/mol. The van der Waals surface area contributed by atoms with E-state index in [1.54, 1.807) is 0 Å². The van der Waals surface area contributed by atoms with E-state index in [-0.39, 0.29) is 24.7 Å². The van der Waals surface area contributed by atoms with Crippen LogP contribution < -0.4 is 9.47 Å². The number of rotatable bonds is 7. The Hall–Kier alpha value is -1.51. The van der Waals surface area contributed by atoms with E-state index < -0.39 is 25.5 Å². The molecule has 0 fully saturated rings. The van der Waals surface area contributed by atoms with Gasteiger partial charge < -0.3 is 19.3 Å². The van der Waals surface area contributed by atoms with Crippen molar-refractivity contribution >= 4 is 25.7 Å². The van der Waals surface area contributed by atoms with Gasteiger partial charge >= 0.3 is 5.97 Å². The van der Waals surface area contributed by atoms with Gasteiger partial charge in [0.15, 0.2) is 11.5 Å². The van der Waals surface area contributed by atoms with Gasteiger partial charge in [0.05, 0.1) is 19.3 Å². The molecule has 9 heteroatoms. The summed E-state index contributed by atoms with van der Waals surface area (Å²) in [5, 5.41) is 9.01. The lowest BCUT2D eigenvalue weighted by Gasteiger charge is -2.13. The Morgan fingerprint density at radius 3 is 2.35 bits per heavy atom. The summed E-state index contributed by atoms with van der Waals surface area (Å²) in [5.74, 6) is -1.29. The molecule has 1 aromatic rings. The fraction of sp³-hybridized carbons (Fsp3) is 0.364. The third kappa shape index (κ3) is 3.99. The third-order valence-electron chi connectivity index (χ3n) is 2.30. The molecule has 0 atom stereocenters. The lowest BCUT2D eigenvalue weighted by atomic mass is 10.2. The molecule has 0 aliphatic heterocycles. The summed E-state index contributed by atoms with van der Waals surface area (Å²) >= 11 is 0. The van der Waals surface area contributed by atoms with E-state index >= 15 is 0 Å². The van der Waals surface area contributed by atoms with Gasteiger partial charge in [0.25, 0.3) is 9.05 Å². The smallest absolute Gasteiger partial charge is 0.337 e. The number of methoxy groups -OCH3 is 2. The maximum absolute atomic E-state index is 11.4. The van der Waals surface area contributed by atoms with Crippen LogP contribution in [0.1, 0.15) is 10.4 Å². The number of hydrogen-bond acceptors (Lipinski definition) is 6. The predicted octanol–water partition coefficient (Wildman–Crippen LogP) is 1.35. The van der Waals surface area contributed by atoms with Gasteiger partial charge in [-0.25, -0.2) is 13.2 Å². The fourth-order valence-electron chi connectivity index (χ4n) is 1.42. The van der Waals surface area contributed by atoms with Crippen LogP contribution in [0.25, 0.3) is 0 Å². The first-order valence-electron chi connectivity index (χ1n) is 5.33. The molecule has 1 aromatic carbocycles. The van der Waals surface area contributed by atoms with Crippen LogP contribution in [0.4, 0.5) is 0 Å². The van der Waals surface area contributed by atoms with Crippen LogP contribution in [0.5, 0.6) is 11.5 Å². The summed E-state index contributed by atoms with van der Waals surface area (Å²) in [6.45, 7) is 0.411. The summed E-state index contributed by atoms with van der Waals surface area (Å²) in [4.78, 5) is 10.5. The maximum Gasteiger partial charge on any atom is 0.337 e. The molecule has 0 saturated carbocycles. The Bertz CT molecular complexity index is 597. The molecule has 0 bridgehead atoms. The predicted molar refractivity (Wildman–Crippen MR) is 70.4 cm³/mol. The molecule has 0 spiro atoms. The Kier molecular flexibility index (Phi) is 5.61. The van der Waals surface area contributed by atoms with Crippen LogP contribution in [0.3, 0.4) is 0 Å². The number of carboxylic acid groups (broad SMARTS) is 1. The Morgan fingerprint density at radius 1 is 1.25 bits per heavy atom. The lowest BCUT2D eigenvalue weighted by Crippen LogP contribution is -2.09. The third-order valence-corrected chi connectivity index (χ3v) is 3.67. The second kappa shape index (κ2) is 6.78. The number of benzene rings is 1. The quantitative estimate of drug-likeness (QED) is 0.597. The van der Waals surface area contributed by atoms with Crippen LogP contribution in [-0.4, -0.2) is 46.9 Å². The first-order chi connectivity index (χ1) is 9.31. The zero-order valence-corrected chi connectivity index (χ0v) is 12.3. The topological polar surface area (TPSA) is 99.1 Å². The summed E-state index contributed by atoms with van der Waals surface area (Å²) in [5.41, 5.74) is -0.490. The molecule has 0 radical (unpaired) electrons. The van der Waals surface area contributed by atoms with Crippen LogP contribution in [0, 0.1) is 0 Å². The second-order valence-electron chi connectivity index (χ2n) is 3.58. The molecule has 7 nitrogen and oxygen atoms in total. The Morgan fingerprint density at radius 2 is 1.90 bits per heavy atom. The van der Waals surface area contributed by atoms with Crippen molar-refractivity contribution in [1.29, 1.82) is 0 Å². The molecule has 0 unspecified atom stereocenters. The largest absolute Gasteiger partial charge is 0.493 e. The molecule has 0 heterocycles. The minimum atomic E-state index is -4.23. The van der Waals surface area contributed by atoms with Gasteiger partial charge in [0.2, 0.25) is 0 Å². The van der Waals surface area contributed by atoms with E-state index in [2.05, 4.69) is 0 Å². The average Bonchev–Trinajstić information content (AvgIpc) is 2.37. The number of hydrogen-bond donors (Lipinski definition) is 1. The van der Waals surface area contributed by atoms with E-state index in [1.165, 1.54) is 14.2 Å². The van der Waals surface area contributed by atoms with Gasteiger partial charge in [0.1, 0.15) is 11.5 Å². The van der Waals surface area contributed by atoms with Crippen molar-refractivity contribution in [3.05, 3.63) is 17.7 Å². The van der Waals surface area contributed by atoms with Gasteiger partial charge in [-0.15, -0.1) is 0 Å². The van der Waals surface area contributed by atoms with Crippen LogP contribution >= 0.6 is 10.7 Å². The number of halogens is 1.